The van der Waals surface area contributed by atoms with E-state index < -0.39 is 0 Å². The summed E-state index contributed by atoms with van der Waals surface area (Å²) < 4.78 is 6.87. The lowest BCUT2D eigenvalue weighted by Crippen LogP contribution is -2.70. The maximum atomic E-state index is 6.87. The van der Waals surface area contributed by atoms with E-state index in [-0.39, 0.29) is 11.7 Å². The third-order valence-corrected chi connectivity index (χ3v) is 7.52. The number of benzene rings is 1. The van der Waals surface area contributed by atoms with E-state index in [9.17, 15) is 0 Å². The van der Waals surface area contributed by atoms with E-state index in [2.05, 4.69) is 48.0 Å². The molecule has 25 heavy (non-hydrogen) atoms. The Kier molecular flexibility index (Phi) is 3.84. The summed E-state index contributed by atoms with van der Waals surface area (Å²) in [4.78, 5) is 8.64. The maximum absolute atomic E-state index is 6.87. The fourth-order valence-corrected chi connectivity index (χ4v) is 6.08. The van der Waals surface area contributed by atoms with E-state index in [1.54, 1.807) is 0 Å². The minimum Gasteiger partial charge on any atom is -0.364 e. The van der Waals surface area contributed by atoms with Crippen LogP contribution < -0.4 is 0 Å². The first-order valence-corrected chi connectivity index (χ1v) is 10.7. The van der Waals surface area contributed by atoms with Crippen molar-refractivity contribution in [2.45, 2.75) is 55.8 Å². The molecular formula is C21H26N2OS. The molecule has 5 fully saturated rings. The number of hydrogen-bond acceptors (Lipinski definition) is 4. The average molecular weight is 355 g/mol. The van der Waals surface area contributed by atoms with E-state index in [4.69, 9.17) is 4.74 Å². The molecule has 3 unspecified atom stereocenters. The number of rotatable bonds is 4. The number of nitrogens with zero attached hydrogens (tertiary/aromatic N) is 2. The molecule has 6 heterocycles. The van der Waals surface area contributed by atoms with Gasteiger partial charge in [-0.05, 0) is 67.3 Å². The molecule has 5 atom stereocenters. The first-order chi connectivity index (χ1) is 12.2. The monoisotopic (exact) mass is 354 g/mol. The van der Waals surface area contributed by atoms with Gasteiger partial charge in [0.05, 0.1) is 17.2 Å². The molecule has 1 aromatic carbocycles. The van der Waals surface area contributed by atoms with E-state index in [1.807, 2.05) is 18.0 Å². The molecule has 0 radical (unpaired) electrons. The van der Waals surface area contributed by atoms with Gasteiger partial charge in [0, 0.05) is 29.1 Å². The van der Waals surface area contributed by atoms with Crippen molar-refractivity contribution in [1.82, 2.24) is 9.88 Å². The van der Waals surface area contributed by atoms with Crippen molar-refractivity contribution in [3.63, 3.8) is 0 Å². The van der Waals surface area contributed by atoms with Crippen LogP contribution in [0.5, 0.6) is 0 Å². The minimum absolute atomic E-state index is 0.0725. The second-order valence-electron chi connectivity index (χ2n) is 7.73. The van der Waals surface area contributed by atoms with Crippen LogP contribution in [0.2, 0.25) is 0 Å². The van der Waals surface area contributed by atoms with Crippen LogP contribution in [0.1, 0.15) is 44.8 Å². The minimum atomic E-state index is 0.0725. The molecule has 1 aromatic heterocycles. The van der Waals surface area contributed by atoms with Crippen LogP contribution in [-0.4, -0.2) is 40.4 Å². The molecule has 4 heteroatoms. The quantitative estimate of drug-likeness (QED) is 0.746. The highest BCUT2D eigenvalue weighted by Gasteiger charge is 2.58. The molecule has 4 bridgehead atoms. The van der Waals surface area contributed by atoms with Crippen molar-refractivity contribution in [3.05, 3.63) is 36.0 Å². The summed E-state index contributed by atoms with van der Waals surface area (Å²) in [7, 11) is 0. The largest absolute Gasteiger partial charge is 0.364 e. The molecule has 5 aliphatic rings. The smallest absolute Gasteiger partial charge is 0.0995 e. The van der Waals surface area contributed by atoms with Gasteiger partial charge in [-0.1, -0.05) is 13.8 Å². The number of hydrogen-bond donors (Lipinski definition) is 0. The van der Waals surface area contributed by atoms with Gasteiger partial charge in [-0.15, -0.1) is 11.8 Å². The van der Waals surface area contributed by atoms with Crippen molar-refractivity contribution in [1.29, 1.82) is 0 Å². The Morgan fingerprint density at radius 1 is 1.32 bits per heavy atom. The lowest BCUT2D eigenvalue weighted by molar-refractivity contribution is -0.274. The van der Waals surface area contributed by atoms with E-state index in [0.717, 1.165) is 30.2 Å². The van der Waals surface area contributed by atoms with Crippen LogP contribution >= 0.6 is 11.8 Å². The number of morpholine rings is 1. The first kappa shape index (κ1) is 16.1. The number of fused-ring (bicyclic) bond motifs is 3. The molecular weight excluding hydrogens is 328 g/mol. The molecule has 0 saturated carbocycles. The van der Waals surface area contributed by atoms with Gasteiger partial charge < -0.3 is 4.74 Å². The topological polar surface area (TPSA) is 25.4 Å². The molecule has 5 aliphatic heterocycles. The summed E-state index contributed by atoms with van der Waals surface area (Å²) in [6.07, 6.45) is 5.88. The van der Waals surface area contributed by atoms with Crippen LogP contribution in [0.25, 0.3) is 10.9 Å². The number of piperidine rings is 3. The van der Waals surface area contributed by atoms with Crippen molar-refractivity contribution in [2.24, 2.45) is 5.92 Å². The predicted octanol–water partition coefficient (Wildman–Crippen LogP) is 4.66. The van der Waals surface area contributed by atoms with Crippen LogP contribution in [0.15, 0.2) is 35.4 Å². The Morgan fingerprint density at radius 3 is 3.00 bits per heavy atom. The summed E-state index contributed by atoms with van der Waals surface area (Å²) in [6.45, 7) is 6.89. The second kappa shape index (κ2) is 5.97. The van der Waals surface area contributed by atoms with Crippen molar-refractivity contribution < 1.29 is 4.74 Å². The summed E-state index contributed by atoms with van der Waals surface area (Å²) in [6, 6.07) is 9.43. The third kappa shape index (κ3) is 2.37. The molecule has 132 valence electrons. The summed E-state index contributed by atoms with van der Waals surface area (Å²) >= 11 is 1.90. The highest BCUT2D eigenvalue weighted by molar-refractivity contribution is 7.99. The highest BCUT2D eigenvalue weighted by Crippen LogP contribution is 2.54. The molecule has 0 spiro atoms. The number of aromatic nitrogens is 1. The van der Waals surface area contributed by atoms with Gasteiger partial charge in [0.15, 0.2) is 0 Å². The van der Waals surface area contributed by atoms with Crippen molar-refractivity contribution in [2.75, 3.05) is 18.8 Å². The van der Waals surface area contributed by atoms with Gasteiger partial charge in [-0.25, -0.2) is 0 Å². The maximum Gasteiger partial charge on any atom is 0.0995 e. The van der Waals surface area contributed by atoms with Gasteiger partial charge in [0.25, 0.3) is 0 Å². The first-order valence-electron chi connectivity index (χ1n) is 9.67. The Balaban J connectivity index is 1.60. The van der Waals surface area contributed by atoms with Gasteiger partial charge in [0.1, 0.15) is 0 Å². The summed E-state index contributed by atoms with van der Waals surface area (Å²) in [5, 5.41) is 1.28. The zero-order valence-electron chi connectivity index (χ0n) is 15.1. The number of pyridine rings is 1. The summed E-state index contributed by atoms with van der Waals surface area (Å²) in [5.41, 5.74) is 2.51. The molecule has 0 N–H and O–H groups in total. The van der Waals surface area contributed by atoms with Gasteiger partial charge in [-0.2, -0.15) is 0 Å². The fourth-order valence-electron chi connectivity index (χ4n) is 5.38. The molecule has 2 aromatic rings. The Morgan fingerprint density at radius 2 is 2.24 bits per heavy atom. The van der Waals surface area contributed by atoms with Crippen LogP contribution in [0, 0.1) is 5.92 Å². The zero-order valence-corrected chi connectivity index (χ0v) is 15.9. The van der Waals surface area contributed by atoms with Crippen molar-refractivity contribution >= 4 is 22.7 Å². The number of thioether (sulfide) groups is 1. The molecule has 0 aliphatic carbocycles. The lowest BCUT2D eigenvalue weighted by atomic mass is 9.66. The van der Waals surface area contributed by atoms with Gasteiger partial charge in [0.2, 0.25) is 0 Å². The standard InChI is InChI=1S/C21H26N2OS/c1-3-21-13-23-10-8-14(21)11-19(23)20(24-21)16-7-9-22-18-6-5-15(25-4-2)12-17(16)18/h5-7,9,12,14,19-20H,3-4,8,10-11,13H2,1-2H3/t14?,19?,20-,21-/m0/s1. The summed E-state index contributed by atoms with van der Waals surface area (Å²) in [5.74, 6) is 1.85. The average Bonchev–Trinajstić information content (AvgIpc) is 2.67. The van der Waals surface area contributed by atoms with E-state index in [0.29, 0.717) is 6.04 Å². The van der Waals surface area contributed by atoms with E-state index in [1.165, 1.54) is 35.2 Å². The molecule has 0 amide bonds. The van der Waals surface area contributed by atoms with E-state index >= 15 is 0 Å². The van der Waals surface area contributed by atoms with Gasteiger partial charge >= 0.3 is 0 Å². The Bertz CT molecular complexity index is 810. The van der Waals surface area contributed by atoms with Gasteiger partial charge in [-0.3, -0.25) is 9.88 Å². The molecule has 7 rings (SSSR count). The van der Waals surface area contributed by atoms with Crippen LogP contribution in [0.3, 0.4) is 0 Å². The van der Waals surface area contributed by atoms with Crippen molar-refractivity contribution in [3.8, 4) is 0 Å². The number of ether oxygens (including phenoxy) is 1. The zero-order chi connectivity index (χ0) is 17.0. The fraction of sp³-hybridized carbons (Fsp3) is 0.571. The SMILES string of the molecule is CCSc1ccc2nccc([C@@H]3O[C@@]4(CC)CN5CCC4CC35)c2c1. The highest BCUT2D eigenvalue weighted by atomic mass is 32.2. The second-order valence-corrected chi connectivity index (χ2v) is 9.07. The molecule has 5 saturated heterocycles. The predicted molar refractivity (Wildman–Crippen MR) is 103 cm³/mol. The van der Waals surface area contributed by atoms with Crippen LogP contribution in [-0.2, 0) is 4.74 Å². The lowest BCUT2D eigenvalue weighted by Gasteiger charge is -2.64. The normalized spacial score (nSPS) is 36.2. The molecule has 3 nitrogen and oxygen atoms in total. The third-order valence-electron chi connectivity index (χ3n) is 6.65. The van der Waals surface area contributed by atoms with Crippen LogP contribution in [0.4, 0.5) is 0 Å². The Labute approximate surface area is 154 Å². The Hall–Kier alpha value is -1.10.